The fraction of sp³-hybridized carbons (Fsp3) is 0. The summed E-state index contributed by atoms with van der Waals surface area (Å²) in [6, 6.07) is 0. The van der Waals surface area contributed by atoms with Crippen molar-refractivity contribution in [3.05, 3.63) is 0 Å². The Labute approximate surface area is 63.2 Å². The number of rotatable bonds is 0. The van der Waals surface area contributed by atoms with Crippen LogP contribution in [-0.4, -0.2) is 11.0 Å². The molecule has 0 fully saturated rings. The summed E-state index contributed by atoms with van der Waals surface area (Å²) < 4.78 is 0. The topological polar surface area (TPSA) is 200 Å². The predicted octanol–water partition coefficient (Wildman–Crippen LogP) is 0.292. The fourth-order valence-electron chi connectivity index (χ4n) is 0. The van der Waals surface area contributed by atoms with Crippen LogP contribution in [0, 0.1) is 0 Å². The molecule has 0 rings (SSSR count). The Morgan fingerprint density at radius 3 is 0.429 bits per heavy atom. The summed E-state index contributed by atoms with van der Waals surface area (Å²) >= 11 is 0. The van der Waals surface area contributed by atoms with Gasteiger partial charge in [0.2, 0.25) is 0 Å². The zero-order chi connectivity index (χ0) is 0. The first kappa shape index (κ1) is 737. The maximum absolute atomic E-state index is 0. The molecule has 0 heterocycles. The van der Waals surface area contributed by atoms with E-state index in [0.717, 1.165) is 0 Å². The first-order valence-corrected chi connectivity index (χ1v) is 0. The molecule has 0 spiro atoms. The molecular weight excluding hydrogens is 200 g/mol. The summed E-state index contributed by atoms with van der Waals surface area (Å²) in [6.45, 7) is 0. The van der Waals surface area contributed by atoms with Gasteiger partial charge in [-0.25, -0.2) is 0 Å². The Kier molecular flexibility index (Phi) is 48800. The van der Waals surface area contributed by atoms with Gasteiger partial charge in [-0.05, 0) is 0 Å². The minimum atomic E-state index is 0. The van der Waals surface area contributed by atoms with Gasteiger partial charge in [-0.15, -0.1) is 0 Å². The van der Waals surface area contributed by atoms with E-state index in [9.17, 15) is 0 Å². The van der Waals surface area contributed by atoms with Crippen molar-refractivity contribution in [3.63, 3.8) is 0 Å². The molecule has 0 radical (unpaired) electrons. The molecule has 0 aromatic carbocycles. The van der Waals surface area contributed by atoms with Gasteiger partial charge in [0.1, 0.15) is 0 Å². The normalized spacial score (nSPS) is 0. The summed E-state index contributed by atoms with van der Waals surface area (Å²) in [5.41, 5.74) is 0. The SMILES string of the molecule is N.N.N.N.[Cd+2].[OH-].[OH-]. The van der Waals surface area contributed by atoms with E-state index < -0.39 is 0 Å². The van der Waals surface area contributed by atoms with Crippen LogP contribution in [0.1, 0.15) is 0 Å². The molecular formula is H14CdN4O2. The van der Waals surface area contributed by atoms with Crippen molar-refractivity contribution < 1.29 is 38.3 Å². The zero-order valence-electron chi connectivity index (χ0n) is 4.43. The van der Waals surface area contributed by atoms with Gasteiger partial charge in [0.25, 0.3) is 0 Å². The van der Waals surface area contributed by atoms with Crippen molar-refractivity contribution in [3.8, 4) is 0 Å². The molecule has 7 heteroatoms. The third-order valence-electron chi connectivity index (χ3n) is 0. The summed E-state index contributed by atoms with van der Waals surface area (Å²) in [5, 5.41) is 0. The second-order valence-electron chi connectivity index (χ2n) is 0. The van der Waals surface area contributed by atoms with E-state index in [1.54, 1.807) is 0 Å². The van der Waals surface area contributed by atoms with E-state index >= 15 is 0 Å². The van der Waals surface area contributed by atoms with E-state index in [1.165, 1.54) is 0 Å². The van der Waals surface area contributed by atoms with Gasteiger partial charge < -0.3 is 35.6 Å². The molecule has 0 bridgehead atoms. The van der Waals surface area contributed by atoms with E-state index in [-0.39, 0.29) is 62.9 Å². The van der Waals surface area contributed by atoms with Gasteiger partial charge in [-0.3, -0.25) is 0 Å². The zero-order valence-corrected chi connectivity index (χ0v) is 8.47. The van der Waals surface area contributed by atoms with Crippen LogP contribution in [0.5, 0.6) is 0 Å². The summed E-state index contributed by atoms with van der Waals surface area (Å²) in [7, 11) is 0. The summed E-state index contributed by atoms with van der Waals surface area (Å²) in [4.78, 5) is 0. The molecule has 0 aliphatic rings. The molecule has 0 saturated heterocycles. The quantitative estimate of drug-likeness (QED) is 0.417. The van der Waals surface area contributed by atoms with E-state index in [2.05, 4.69) is 0 Å². The van der Waals surface area contributed by atoms with Crippen LogP contribution >= 0.6 is 0 Å². The second-order valence-corrected chi connectivity index (χ2v) is 0. The first-order valence-electron chi connectivity index (χ1n) is 0. The molecule has 0 atom stereocenters. The third kappa shape index (κ3) is 315. The van der Waals surface area contributed by atoms with Crippen LogP contribution in [0.15, 0.2) is 0 Å². The standard InChI is InChI=1S/Cd.4H3N.2H2O/h;4*1H3;2*1H2/q+2;;;;;;/p-2. The molecule has 7 heavy (non-hydrogen) atoms. The van der Waals surface area contributed by atoms with Crippen molar-refractivity contribution >= 4 is 0 Å². The minimum Gasteiger partial charge on any atom is -0.870 e. The third-order valence-corrected chi connectivity index (χ3v) is 0. The predicted molar refractivity (Wildman–Crippen MR) is 24.0 cm³/mol. The molecule has 0 aromatic heterocycles. The average Bonchev–Trinajstić information content (AvgIpc) is 0. The van der Waals surface area contributed by atoms with Crippen LogP contribution in [0.3, 0.4) is 0 Å². The van der Waals surface area contributed by atoms with Gasteiger partial charge in [0.15, 0.2) is 0 Å². The van der Waals surface area contributed by atoms with Crippen molar-refractivity contribution in [1.29, 1.82) is 0 Å². The van der Waals surface area contributed by atoms with Crippen LogP contribution in [0.25, 0.3) is 0 Å². The monoisotopic (exact) mass is 216 g/mol. The number of hydrogen-bond donors (Lipinski definition) is 4. The Hall–Kier alpha value is 0.682. The molecule has 6 nitrogen and oxygen atoms in total. The Morgan fingerprint density at radius 2 is 0.429 bits per heavy atom. The molecule has 0 amide bonds. The van der Waals surface area contributed by atoms with Crippen LogP contribution in [-0.2, 0) is 27.3 Å². The first-order chi connectivity index (χ1) is 0. The Morgan fingerprint density at radius 1 is 0.429 bits per heavy atom. The van der Waals surface area contributed by atoms with Crippen molar-refractivity contribution in [2.45, 2.75) is 0 Å². The largest absolute Gasteiger partial charge is 2.00 e. The second kappa shape index (κ2) is 464. The van der Waals surface area contributed by atoms with Crippen LogP contribution in [0.2, 0.25) is 0 Å². The van der Waals surface area contributed by atoms with E-state index in [1.807, 2.05) is 0 Å². The molecule has 0 saturated carbocycles. The molecule has 0 aliphatic carbocycles. The van der Waals surface area contributed by atoms with Crippen LogP contribution < -0.4 is 24.6 Å². The maximum atomic E-state index is 0. The van der Waals surface area contributed by atoms with Gasteiger partial charge in [0.05, 0.1) is 0 Å². The van der Waals surface area contributed by atoms with Crippen LogP contribution in [0.4, 0.5) is 0 Å². The molecule has 0 unspecified atom stereocenters. The van der Waals surface area contributed by atoms with Gasteiger partial charge >= 0.3 is 27.3 Å². The molecule has 48 valence electrons. The Balaban J connectivity index is 0. The number of hydrogen-bond acceptors (Lipinski definition) is 6. The molecule has 0 aliphatic heterocycles. The summed E-state index contributed by atoms with van der Waals surface area (Å²) in [5.74, 6) is 0. The van der Waals surface area contributed by atoms with Crippen molar-refractivity contribution in [1.82, 2.24) is 24.6 Å². The maximum Gasteiger partial charge on any atom is 2.00 e. The van der Waals surface area contributed by atoms with Crippen molar-refractivity contribution in [2.75, 3.05) is 0 Å². The van der Waals surface area contributed by atoms with Crippen molar-refractivity contribution in [2.24, 2.45) is 0 Å². The summed E-state index contributed by atoms with van der Waals surface area (Å²) in [6.07, 6.45) is 0. The van der Waals surface area contributed by atoms with Gasteiger partial charge in [-0.2, -0.15) is 0 Å². The fourth-order valence-corrected chi connectivity index (χ4v) is 0. The Bertz CT molecular complexity index is 9.65. The average molecular weight is 215 g/mol. The van der Waals surface area contributed by atoms with Gasteiger partial charge in [-0.1, -0.05) is 0 Å². The van der Waals surface area contributed by atoms with E-state index in [4.69, 9.17) is 0 Å². The smallest absolute Gasteiger partial charge is 0.870 e. The molecule has 14 N–H and O–H groups in total. The minimum absolute atomic E-state index is 0. The van der Waals surface area contributed by atoms with E-state index in [0.29, 0.717) is 0 Å². The molecule has 0 aromatic rings. The van der Waals surface area contributed by atoms with Gasteiger partial charge in [0, 0.05) is 0 Å².